The molecular formula is C48H29N3O. The molecule has 0 saturated carbocycles. The SMILES string of the molecule is c1ccc(-c2nc(-c3cc(-n4c5ccccc5c5cc6ccccc6cc54)c4c(c3)oc3ccccc34)cc(-c3cccc4ccccc34)n2)cc1. The summed E-state index contributed by atoms with van der Waals surface area (Å²) in [5.74, 6) is 0.677. The van der Waals surface area contributed by atoms with Crippen molar-refractivity contribution < 1.29 is 4.42 Å². The molecular weight excluding hydrogens is 635 g/mol. The Kier molecular flexibility index (Phi) is 6.22. The summed E-state index contributed by atoms with van der Waals surface area (Å²) in [5, 5.41) is 9.32. The molecule has 0 aliphatic heterocycles. The number of benzene rings is 8. The van der Waals surface area contributed by atoms with Crippen LogP contribution in [0, 0.1) is 0 Å². The summed E-state index contributed by atoms with van der Waals surface area (Å²) in [6.45, 7) is 0. The Hall–Kier alpha value is -7.04. The van der Waals surface area contributed by atoms with Crippen molar-refractivity contribution >= 4 is 65.3 Å². The van der Waals surface area contributed by atoms with Gasteiger partial charge >= 0.3 is 0 Å². The lowest BCUT2D eigenvalue weighted by atomic mass is 9.99. The lowest BCUT2D eigenvalue weighted by Crippen LogP contribution is -1.99. The Bertz CT molecular complexity index is 3180. The van der Waals surface area contributed by atoms with Crippen LogP contribution in [0.1, 0.15) is 0 Å². The van der Waals surface area contributed by atoms with Gasteiger partial charge in [0.2, 0.25) is 0 Å². The highest BCUT2D eigenvalue weighted by atomic mass is 16.3. The zero-order chi connectivity index (χ0) is 34.2. The van der Waals surface area contributed by atoms with Crippen LogP contribution in [0.5, 0.6) is 0 Å². The molecule has 52 heavy (non-hydrogen) atoms. The minimum Gasteiger partial charge on any atom is -0.456 e. The van der Waals surface area contributed by atoms with Crippen LogP contribution in [0.15, 0.2) is 180 Å². The molecule has 3 heterocycles. The molecule has 3 aromatic heterocycles. The van der Waals surface area contributed by atoms with Gasteiger partial charge in [-0.1, -0.05) is 133 Å². The van der Waals surface area contributed by atoms with E-state index in [4.69, 9.17) is 14.4 Å². The Morgan fingerprint density at radius 2 is 1.08 bits per heavy atom. The first-order valence-corrected chi connectivity index (χ1v) is 17.6. The van der Waals surface area contributed by atoms with Gasteiger partial charge < -0.3 is 8.98 Å². The summed E-state index contributed by atoms with van der Waals surface area (Å²) in [4.78, 5) is 10.5. The van der Waals surface area contributed by atoms with E-state index in [-0.39, 0.29) is 0 Å². The Morgan fingerprint density at radius 1 is 0.404 bits per heavy atom. The number of furan rings is 1. The predicted molar refractivity (Wildman–Crippen MR) is 215 cm³/mol. The molecule has 0 spiro atoms. The van der Waals surface area contributed by atoms with Gasteiger partial charge in [0.25, 0.3) is 0 Å². The third-order valence-electron chi connectivity index (χ3n) is 10.4. The van der Waals surface area contributed by atoms with Crippen molar-refractivity contribution in [3.63, 3.8) is 0 Å². The van der Waals surface area contributed by atoms with E-state index in [1.54, 1.807) is 0 Å². The summed E-state index contributed by atoms with van der Waals surface area (Å²) in [6.07, 6.45) is 0. The fourth-order valence-electron chi connectivity index (χ4n) is 7.97. The number of hydrogen-bond donors (Lipinski definition) is 0. The molecule has 0 aliphatic carbocycles. The van der Waals surface area contributed by atoms with E-state index in [1.807, 2.05) is 24.3 Å². The average molecular weight is 664 g/mol. The van der Waals surface area contributed by atoms with E-state index in [0.29, 0.717) is 5.82 Å². The highest BCUT2D eigenvalue weighted by molar-refractivity contribution is 6.17. The number of aromatic nitrogens is 3. The fraction of sp³-hybridized carbons (Fsp3) is 0. The van der Waals surface area contributed by atoms with Gasteiger partial charge in [-0.15, -0.1) is 0 Å². The van der Waals surface area contributed by atoms with Crippen LogP contribution in [0.3, 0.4) is 0 Å². The standard InChI is InChI=1S/C48H29N3O/c1-2-14-31(15-3-1)48-49-40(29-41(50-48)36-22-12-18-30-13-6-7-19-35(30)36)34-27-44(47-38-21-9-11-24-45(38)52-46(47)28-34)51-42-23-10-8-20-37(42)39-25-32-16-4-5-17-33(32)26-43(39)51/h1-29H. The second-order valence-corrected chi connectivity index (χ2v) is 13.4. The van der Waals surface area contributed by atoms with Crippen molar-refractivity contribution in [1.82, 2.24) is 14.5 Å². The topological polar surface area (TPSA) is 43.9 Å². The largest absolute Gasteiger partial charge is 0.456 e. The molecule has 0 unspecified atom stereocenters. The summed E-state index contributed by atoms with van der Waals surface area (Å²) >= 11 is 0. The van der Waals surface area contributed by atoms with Crippen LogP contribution >= 0.6 is 0 Å². The molecule has 0 atom stereocenters. The van der Waals surface area contributed by atoms with E-state index in [1.165, 1.54) is 26.9 Å². The van der Waals surface area contributed by atoms with Crippen LogP contribution < -0.4 is 0 Å². The normalized spacial score (nSPS) is 11.8. The summed E-state index contributed by atoms with van der Waals surface area (Å²) in [5.41, 5.74) is 9.68. The van der Waals surface area contributed by atoms with Crippen molar-refractivity contribution in [3.05, 3.63) is 176 Å². The molecule has 0 radical (unpaired) electrons. The summed E-state index contributed by atoms with van der Waals surface area (Å²) < 4.78 is 9.09. The highest BCUT2D eigenvalue weighted by Gasteiger charge is 2.21. The monoisotopic (exact) mass is 663 g/mol. The molecule has 0 N–H and O–H groups in total. The van der Waals surface area contributed by atoms with Gasteiger partial charge in [-0.2, -0.15) is 0 Å². The minimum absolute atomic E-state index is 0.677. The van der Waals surface area contributed by atoms with Crippen LogP contribution in [-0.2, 0) is 0 Å². The fourth-order valence-corrected chi connectivity index (χ4v) is 7.97. The van der Waals surface area contributed by atoms with Gasteiger partial charge in [-0.25, -0.2) is 9.97 Å². The van der Waals surface area contributed by atoms with Gasteiger partial charge in [0.05, 0.1) is 33.5 Å². The second kappa shape index (κ2) is 11.2. The third-order valence-corrected chi connectivity index (χ3v) is 10.4. The number of para-hydroxylation sites is 2. The van der Waals surface area contributed by atoms with Gasteiger partial charge in [0, 0.05) is 32.8 Å². The van der Waals surface area contributed by atoms with E-state index in [2.05, 4.69) is 156 Å². The van der Waals surface area contributed by atoms with E-state index in [9.17, 15) is 0 Å². The zero-order valence-corrected chi connectivity index (χ0v) is 28.0. The molecule has 0 fully saturated rings. The maximum absolute atomic E-state index is 6.68. The molecule has 242 valence electrons. The number of fused-ring (bicyclic) bond motifs is 8. The maximum Gasteiger partial charge on any atom is 0.160 e. The van der Waals surface area contributed by atoms with Crippen LogP contribution in [0.2, 0.25) is 0 Å². The molecule has 0 aliphatic rings. The van der Waals surface area contributed by atoms with Crippen molar-refractivity contribution in [2.75, 3.05) is 0 Å². The van der Waals surface area contributed by atoms with Crippen LogP contribution in [-0.4, -0.2) is 14.5 Å². The Labute approximate surface area is 298 Å². The van der Waals surface area contributed by atoms with Gasteiger partial charge in [0.1, 0.15) is 11.2 Å². The molecule has 11 rings (SSSR count). The molecule has 0 saturated heterocycles. The van der Waals surface area contributed by atoms with E-state index in [0.717, 1.165) is 72.1 Å². The molecule has 0 bridgehead atoms. The first kappa shape index (κ1) is 28.8. The molecule has 0 amide bonds. The molecule has 4 nitrogen and oxygen atoms in total. The van der Waals surface area contributed by atoms with Crippen LogP contribution in [0.25, 0.3) is 105 Å². The van der Waals surface area contributed by atoms with Crippen LogP contribution in [0.4, 0.5) is 0 Å². The predicted octanol–water partition coefficient (Wildman–Crippen LogP) is 12.8. The van der Waals surface area contributed by atoms with Crippen molar-refractivity contribution in [2.24, 2.45) is 0 Å². The van der Waals surface area contributed by atoms with Crippen molar-refractivity contribution in [2.45, 2.75) is 0 Å². The maximum atomic E-state index is 6.68. The lowest BCUT2D eigenvalue weighted by Gasteiger charge is -2.14. The first-order valence-electron chi connectivity index (χ1n) is 17.6. The molecule has 8 aromatic carbocycles. The summed E-state index contributed by atoms with van der Waals surface area (Å²) in [7, 11) is 0. The lowest BCUT2D eigenvalue weighted by molar-refractivity contribution is 0.669. The number of nitrogens with zero attached hydrogens (tertiary/aromatic N) is 3. The number of rotatable bonds is 4. The van der Waals surface area contributed by atoms with E-state index < -0.39 is 0 Å². The average Bonchev–Trinajstić information content (AvgIpc) is 3.75. The minimum atomic E-state index is 0.677. The first-order chi connectivity index (χ1) is 25.8. The Morgan fingerprint density at radius 3 is 1.94 bits per heavy atom. The van der Waals surface area contributed by atoms with Gasteiger partial charge in [0.15, 0.2) is 5.82 Å². The summed E-state index contributed by atoms with van der Waals surface area (Å²) in [6, 6.07) is 61.9. The van der Waals surface area contributed by atoms with Gasteiger partial charge in [-0.05, 0) is 64.0 Å². The molecule has 4 heteroatoms. The second-order valence-electron chi connectivity index (χ2n) is 13.4. The van der Waals surface area contributed by atoms with E-state index >= 15 is 0 Å². The van der Waals surface area contributed by atoms with Crippen molar-refractivity contribution in [3.8, 4) is 39.6 Å². The smallest absolute Gasteiger partial charge is 0.160 e. The van der Waals surface area contributed by atoms with Crippen molar-refractivity contribution in [1.29, 1.82) is 0 Å². The Balaban J connectivity index is 1.25. The highest BCUT2D eigenvalue weighted by Crippen LogP contribution is 2.42. The third kappa shape index (κ3) is 4.41. The van der Waals surface area contributed by atoms with Gasteiger partial charge in [-0.3, -0.25) is 0 Å². The number of hydrogen-bond acceptors (Lipinski definition) is 3. The quantitative estimate of drug-likeness (QED) is 0.188. The molecule has 11 aromatic rings. The zero-order valence-electron chi connectivity index (χ0n) is 28.0.